The number of amides is 1. The van der Waals surface area contributed by atoms with E-state index in [1.807, 2.05) is 24.3 Å². The lowest BCUT2D eigenvalue weighted by atomic mass is 10.1. The topological polar surface area (TPSA) is 199 Å². The highest BCUT2D eigenvalue weighted by atomic mass is 35.5. The first-order chi connectivity index (χ1) is 14.8. The van der Waals surface area contributed by atoms with E-state index >= 15 is 0 Å². The van der Waals surface area contributed by atoms with Gasteiger partial charge in [-0.15, -0.1) is 0 Å². The van der Waals surface area contributed by atoms with Gasteiger partial charge in [0.25, 0.3) is 5.91 Å². The number of guanidine groups is 1. The first-order valence-corrected chi connectivity index (χ1v) is 10.0. The van der Waals surface area contributed by atoms with Crippen molar-refractivity contribution >= 4 is 28.6 Å². The van der Waals surface area contributed by atoms with Gasteiger partial charge in [0, 0.05) is 6.54 Å². The normalized spacial score (nSPS) is 18.1. The minimum Gasteiger partial charge on any atom is -0.491 e. The smallest absolute Gasteiger partial charge is 0.271 e. The van der Waals surface area contributed by atoms with Gasteiger partial charge in [-0.05, 0) is 30.9 Å². The van der Waals surface area contributed by atoms with E-state index in [0.717, 1.165) is 18.4 Å². The number of aliphatic imine (C=N–C) groups is 2. The van der Waals surface area contributed by atoms with E-state index in [1.54, 1.807) is 0 Å². The summed E-state index contributed by atoms with van der Waals surface area (Å²) in [7, 11) is 0. The third-order valence-electron chi connectivity index (χ3n) is 4.47. The van der Waals surface area contributed by atoms with Gasteiger partial charge in [0.15, 0.2) is 11.7 Å². The molecule has 31 heavy (non-hydrogen) atoms. The first-order valence-electron chi connectivity index (χ1n) is 9.64. The van der Waals surface area contributed by atoms with Crippen LogP contribution in [0.3, 0.4) is 0 Å². The number of hydrogen-bond donors (Lipinski definition) is 6. The number of carbonyl (C=O) groups is 1. The summed E-state index contributed by atoms with van der Waals surface area (Å²) in [5.41, 5.74) is 23.9. The highest BCUT2D eigenvalue weighted by molar-refractivity contribution is 6.67. The summed E-state index contributed by atoms with van der Waals surface area (Å²) >= 11 is 5.96. The minimum atomic E-state index is -0.966. The molecule has 0 spiro atoms. The van der Waals surface area contributed by atoms with Crippen LogP contribution in [0.1, 0.15) is 18.4 Å². The molecule has 2 unspecified atom stereocenters. The Morgan fingerprint density at radius 3 is 2.71 bits per heavy atom. The van der Waals surface area contributed by atoms with Crippen LogP contribution in [0.4, 0.5) is 0 Å². The molecule has 1 aromatic rings. The Labute approximate surface area is 185 Å². The predicted molar refractivity (Wildman–Crippen MR) is 118 cm³/mol. The second kappa shape index (κ2) is 11.5. The van der Waals surface area contributed by atoms with Crippen molar-refractivity contribution in [1.29, 1.82) is 0 Å². The summed E-state index contributed by atoms with van der Waals surface area (Å²) in [6, 6.07) is 7.48. The second-order valence-electron chi connectivity index (χ2n) is 6.80. The van der Waals surface area contributed by atoms with Crippen molar-refractivity contribution in [2.45, 2.75) is 31.5 Å². The van der Waals surface area contributed by atoms with Crippen LogP contribution in [-0.2, 0) is 11.2 Å². The predicted octanol–water partition coefficient (Wildman–Crippen LogP) is -1.09. The molecular formula is C19H28ClN7O4. The van der Waals surface area contributed by atoms with Crippen molar-refractivity contribution in [3.8, 4) is 5.75 Å². The molecule has 0 saturated carbocycles. The van der Waals surface area contributed by atoms with Crippen molar-refractivity contribution in [3.63, 3.8) is 0 Å². The second-order valence-corrected chi connectivity index (χ2v) is 7.19. The molecule has 2 atom stereocenters. The van der Waals surface area contributed by atoms with E-state index in [0.29, 0.717) is 18.7 Å². The fraction of sp³-hybridized carbons (Fsp3) is 0.421. The Morgan fingerprint density at radius 2 is 2.03 bits per heavy atom. The summed E-state index contributed by atoms with van der Waals surface area (Å²) in [6.45, 7) is 0.0355. The molecule has 0 aromatic heterocycles. The van der Waals surface area contributed by atoms with Crippen molar-refractivity contribution in [3.05, 3.63) is 41.3 Å². The monoisotopic (exact) mass is 453 g/mol. The maximum Gasteiger partial charge on any atom is 0.271 e. The van der Waals surface area contributed by atoms with E-state index in [2.05, 4.69) is 9.98 Å². The highest BCUT2D eigenvalue weighted by Gasteiger charge is 2.31. The number of aliphatic hydroxyl groups excluding tert-OH is 2. The first kappa shape index (κ1) is 24.4. The molecule has 0 aliphatic carbocycles. The summed E-state index contributed by atoms with van der Waals surface area (Å²) < 4.78 is 5.57. The molecule has 1 aliphatic heterocycles. The average Bonchev–Trinajstić information content (AvgIpc) is 2.74. The number of unbranched alkanes of at least 4 members (excludes halogenated alkanes) is 1. The van der Waals surface area contributed by atoms with Crippen molar-refractivity contribution in [2.24, 2.45) is 32.9 Å². The number of carbonyl (C=O) groups excluding carboxylic acids is 1. The number of halogens is 1. The van der Waals surface area contributed by atoms with Gasteiger partial charge in [-0.25, -0.2) is 4.99 Å². The molecule has 1 aliphatic rings. The van der Waals surface area contributed by atoms with Gasteiger partial charge in [-0.2, -0.15) is 0 Å². The van der Waals surface area contributed by atoms with Gasteiger partial charge >= 0.3 is 0 Å². The molecule has 0 radical (unpaired) electrons. The van der Waals surface area contributed by atoms with E-state index in [1.165, 1.54) is 4.90 Å². The number of benzene rings is 1. The van der Waals surface area contributed by atoms with Crippen LogP contribution in [0.5, 0.6) is 5.75 Å². The fourth-order valence-electron chi connectivity index (χ4n) is 2.83. The Kier molecular flexibility index (Phi) is 9.06. The molecule has 1 aromatic carbocycles. The zero-order valence-electron chi connectivity index (χ0n) is 16.9. The number of para-hydroxylation sites is 1. The van der Waals surface area contributed by atoms with Gasteiger partial charge in [0.2, 0.25) is 0 Å². The van der Waals surface area contributed by atoms with Crippen LogP contribution >= 0.6 is 11.6 Å². The van der Waals surface area contributed by atoms with Crippen LogP contribution < -0.4 is 27.7 Å². The summed E-state index contributed by atoms with van der Waals surface area (Å²) in [5.74, 6) is -0.309. The van der Waals surface area contributed by atoms with Crippen LogP contribution in [0.2, 0.25) is 0 Å². The van der Waals surface area contributed by atoms with Crippen molar-refractivity contribution < 1.29 is 19.7 Å². The largest absolute Gasteiger partial charge is 0.491 e. The minimum absolute atomic E-state index is 0.00137. The lowest BCUT2D eigenvalue weighted by Crippen LogP contribution is -2.56. The van der Waals surface area contributed by atoms with E-state index in [4.69, 9.17) is 44.4 Å². The number of primary amides is 1. The molecular weight excluding hydrogens is 426 g/mol. The van der Waals surface area contributed by atoms with Gasteiger partial charge in [0.1, 0.15) is 35.6 Å². The molecule has 0 fully saturated rings. The Balaban J connectivity index is 1.92. The van der Waals surface area contributed by atoms with Gasteiger partial charge in [-0.3, -0.25) is 14.7 Å². The van der Waals surface area contributed by atoms with Crippen LogP contribution in [0.15, 0.2) is 45.8 Å². The van der Waals surface area contributed by atoms with Crippen LogP contribution in [0.25, 0.3) is 0 Å². The Hall–Kier alpha value is -2.86. The quantitative estimate of drug-likeness (QED) is 0.146. The summed E-state index contributed by atoms with van der Waals surface area (Å²) in [5, 5.41) is 18.3. The molecule has 10 N–H and O–H groups in total. The zero-order chi connectivity index (χ0) is 23.0. The summed E-state index contributed by atoms with van der Waals surface area (Å²) in [6.07, 6.45) is 0.307. The lowest BCUT2D eigenvalue weighted by molar-refractivity contribution is -0.114. The summed E-state index contributed by atoms with van der Waals surface area (Å²) in [4.78, 5) is 20.8. The number of ether oxygens (including phenoxy) is 1. The Bertz CT molecular complexity index is 875. The maximum absolute atomic E-state index is 11.5. The van der Waals surface area contributed by atoms with Crippen molar-refractivity contribution in [1.82, 2.24) is 4.90 Å². The van der Waals surface area contributed by atoms with E-state index in [-0.39, 0.29) is 35.9 Å². The lowest BCUT2D eigenvalue weighted by Gasteiger charge is -2.32. The van der Waals surface area contributed by atoms with Gasteiger partial charge < -0.3 is 37.9 Å². The number of hydrogen-bond acceptors (Lipinski definition) is 8. The molecule has 170 valence electrons. The standard InChI is InChI=1S/C19H28ClN7O4/c20-15-17(22)27(16(21)14(26-15)18(23)30)19(24)25-8-4-3-6-11-5-1-2-7-13(11)31-10-12(29)9-28/h1-2,5,7,12,17,28-29H,3-4,6,8-10,21-22H2,(H2,23,30)(H2,24,25). The van der Waals surface area contributed by atoms with Crippen molar-refractivity contribution in [2.75, 3.05) is 19.8 Å². The molecule has 0 saturated heterocycles. The average molecular weight is 454 g/mol. The SMILES string of the molecule is NC(=O)C1=C(N)N(C(N)=NCCCCc2ccccc2OCC(O)CO)C(N)C(Cl)=N1. The van der Waals surface area contributed by atoms with Gasteiger partial charge in [-0.1, -0.05) is 29.8 Å². The fourth-order valence-corrected chi connectivity index (χ4v) is 3.02. The molecule has 1 amide bonds. The molecule has 11 nitrogen and oxygen atoms in total. The number of nitrogens with two attached hydrogens (primary N) is 4. The number of nitrogens with zero attached hydrogens (tertiary/aromatic N) is 3. The van der Waals surface area contributed by atoms with Crippen LogP contribution in [0, 0.1) is 0 Å². The number of aliphatic hydroxyl groups is 2. The van der Waals surface area contributed by atoms with Crippen LogP contribution in [-0.4, -0.2) is 64.2 Å². The molecule has 1 heterocycles. The van der Waals surface area contributed by atoms with E-state index < -0.39 is 18.2 Å². The Morgan fingerprint density at radius 1 is 1.32 bits per heavy atom. The maximum atomic E-state index is 11.5. The number of aryl methyl sites for hydroxylation is 1. The zero-order valence-corrected chi connectivity index (χ0v) is 17.7. The third-order valence-corrected chi connectivity index (χ3v) is 4.77. The highest BCUT2D eigenvalue weighted by Crippen LogP contribution is 2.21. The van der Waals surface area contributed by atoms with E-state index in [9.17, 15) is 9.90 Å². The number of rotatable bonds is 10. The molecule has 0 bridgehead atoms. The third kappa shape index (κ3) is 6.56. The van der Waals surface area contributed by atoms with Gasteiger partial charge in [0.05, 0.1) is 6.61 Å². The molecule has 12 heteroatoms. The molecule has 2 rings (SSSR count).